The van der Waals surface area contributed by atoms with Gasteiger partial charge in [-0.25, -0.2) is 0 Å². The molecule has 0 spiro atoms. The van der Waals surface area contributed by atoms with E-state index in [1.54, 1.807) is 0 Å². The minimum absolute atomic E-state index is 0.186. The highest BCUT2D eigenvalue weighted by molar-refractivity contribution is 5.11. The average molecular weight is 151 g/mol. The summed E-state index contributed by atoms with van der Waals surface area (Å²) in [7, 11) is 0. The molecule has 2 heterocycles. The molecular formula is C8H13N3. The van der Waals surface area contributed by atoms with Gasteiger partial charge in [0.15, 0.2) is 0 Å². The number of rotatable bonds is 2. The van der Waals surface area contributed by atoms with Crippen molar-refractivity contribution in [3.63, 3.8) is 0 Å². The largest absolute Gasteiger partial charge is 0.364 e. The second-order valence-electron chi connectivity index (χ2n) is 3.07. The number of hydrogen-bond acceptors (Lipinski definition) is 2. The molecule has 3 nitrogen and oxygen atoms in total. The predicted molar refractivity (Wildman–Crippen MR) is 44.1 cm³/mol. The van der Waals surface area contributed by atoms with Crippen LogP contribution in [0.4, 0.5) is 0 Å². The van der Waals surface area contributed by atoms with Gasteiger partial charge in [0.05, 0.1) is 6.04 Å². The van der Waals surface area contributed by atoms with E-state index >= 15 is 0 Å². The van der Waals surface area contributed by atoms with Gasteiger partial charge in [0.2, 0.25) is 0 Å². The van der Waals surface area contributed by atoms with Crippen molar-refractivity contribution < 1.29 is 0 Å². The third-order valence-corrected chi connectivity index (χ3v) is 2.30. The highest BCUT2D eigenvalue weighted by atomic mass is 15.0. The van der Waals surface area contributed by atoms with Gasteiger partial charge < -0.3 is 16.0 Å². The van der Waals surface area contributed by atoms with Gasteiger partial charge in [-0.2, -0.15) is 0 Å². The predicted octanol–water partition coefficient (Wildman–Crippen LogP) is 0.234. The summed E-state index contributed by atoms with van der Waals surface area (Å²) in [6, 6.07) is 4.22. The molecule has 11 heavy (non-hydrogen) atoms. The van der Waals surface area contributed by atoms with Crippen molar-refractivity contribution in [3.8, 4) is 0 Å². The first-order valence-corrected chi connectivity index (χ1v) is 3.97. The van der Waals surface area contributed by atoms with Crippen molar-refractivity contribution in [3.05, 3.63) is 24.0 Å². The minimum Gasteiger partial charge on any atom is -0.364 e. The van der Waals surface area contributed by atoms with E-state index in [1.165, 1.54) is 0 Å². The Morgan fingerprint density at radius 3 is 2.82 bits per heavy atom. The monoisotopic (exact) mass is 151 g/mol. The SMILES string of the molecule is NC(c1ccc[nH]1)C1CNC1. The summed E-state index contributed by atoms with van der Waals surface area (Å²) in [4.78, 5) is 3.13. The summed E-state index contributed by atoms with van der Waals surface area (Å²) in [6.07, 6.45) is 1.92. The van der Waals surface area contributed by atoms with Crippen molar-refractivity contribution in [2.45, 2.75) is 6.04 Å². The lowest BCUT2D eigenvalue weighted by atomic mass is 9.92. The first-order valence-electron chi connectivity index (χ1n) is 3.97. The van der Waals surface area contributed by atoms with Gasteiger partial charge in [-0.15, -0.1) is 0 Å². The van der Waals surface area contributed by atoms with Crippen LogP contribution in [0.2, 0.25) is 0 Å². The molecule has 0 aromatic carbocycles. The van der Waals surface area contributed by atoms with Gasteiger partial charge in [-0.3, -0.25) is 0 Å². The molecule has 0 radical (unpaired) electrons. The molecule has 1 aliphatic heterocycles. The van der Waals surface area contributed by atoms with E-state index in [4.69, 9.17) is 5.73 Å². The molecule has 1 saturated heterocycles. The van der Waals surface area contributed by atoms with Crippen LogP contribution in [0.25, 0.3) is 0 Å². The van der Waals surface area contributed by atoms with E-state index in [2.05, 4.69) is 10.3 Å². The van der Waals surface area contributed by atoms with Crippen LogP contribution in [-0.4, -0.2) is 18.1 Å². The summed E-state index contributed by atoms with van der Waals surface area (Å²) in [5.41, 5.74) is 7.12. The van der Waals surface area contributed by atoms with Crippen molar-refractivity contribution >= 4 is 0 Å². The lowest BCUT2D eigenvalue weighted by Gasteiger charge is -2.31. The fraction of sp³-hybridized carbons (Fsp3) is 0.500. The zero-order valence-corrected chi connectivity index (χ0v) is 6.38. The van der Waals surface area contributed by atoms with Crippen LogP contribution < -0.4 is 11.1 Å². The Hall–Kier alpha value is -0.800. The Balaban J connectivity index is 2.04. The molecule has 1 unspecified atom stereocenters. The maximum atomic E-state index is 5.97. The number of aromatic nitrogens is 1. The van der Waals surface area contributed by atoms with Gasteiger partial charge >= 0.3 is 0 Å². The van der Waals surface area contributed by atoms with Crippen molar-refractivity contribution in [2.75, 3.05) is 13.1 Å². The third-order valence-electron chi connectivity index (χ3n) is 2.30. The Bertz CT molecular complexity index is 213. The second-order valence-corrected chi connectivity index (χ2v) is 3.07. The molecule has 1 aliphatic rings. The highest BCUT2D eigenvalue weighted by Gasteiger charge is 2.25. The fourth-order valence-corrected chi connectivity index (χ4v) is 1.37. The summed E-state index contributed by atoms with van der Waals surface area (Å²) in [5.74, 6) is 0.619. The zero-order valence-electron chi connectivity index (χ0n) is 6.38. The second kappa shape index (κ2) is 2.68. The Kier molecular flexibility index (Phi) is 1.68. The number of nitrogens with two attached hydrogens (primary N) is 1. The molecule has 0 amide bonds. The van der Waals surface area contributed by atoms with Gasteiger partial charge in [0, 0.05) is 30.9 Å². The number of aromatic amines is 1. The van der Waals surface area contributed by atoms with Gasteiger partial charge in [-0.1, -0.05) is 0 Å². The molecule has 1 aromatic rings. The van der Waals surface area contributed by atoms with Gasteiger partial charge in [0.1, 0.15) is 0 Å². The highest BCUT2D eigenvalue weighted by Crippen LogP contribution is 2.20. The quantitative estimate of drug-likeness (QED) is 0.567. The molecule has 0 saturated carbocycles. The normalized spacial score (nSPS) is 21.2. The Labute approximate surface area is 66.0 Å². The molecule has 1 atom stereocenters. The molecule has 60 valence electrons. The van der Waals surface area contributed by atoms with Crippen LogP contribution in [0.1, 0.15) is 11.7 Å². The van der Waals surface area contributed by atoms with E-state index in [1.807, 2.05) is 18.3 Å². The summed E-state index contributed by atoms with van der Waals surface area (Å²) in [6.45, 7) is 2.11. The van der Waals surface area contributed by atoms with E-state index in [9.17, 15) is 0 Å². The van der Waals surface area contributed by atoms with E-state index in [0.29, 0.717) is 5.92 Å². The van der Waals surface area contributed by atoms with E-state index in [-0.39, 0.29) is 6.04 Å². The van der Waals surface area contributed by atoms with Crippen molar-refractivity contribution in [1.82, 2.24) is 10.3 Å². The lowest BCUT2D eigenvalue weighted by molar-refractivity contribution is 0.292. The van der Waals surface area contributed by atoms with Crippen LogP contribution in [0.15, 0.2) is 18.3 Å². The molecule has 2 rings (SSSR count). The molecule has 4 N–H and O–H groups in total. The van der Waals surface area contributed by atoms with Crippen molar-refractivity contribution in [1.29, 1.82) is 0 Å². The lowest BCUT2D eigenvalue weighted by Crippen LogP contribution is -2.47. The summed E-state index contributed by atoms with van der Waals surface area (Å²) < 4.78 is 0. The minimum atomic E-state index is 0.186. The maximum absolute atomic E-state index is 5.97. The summed E-state index contributed by atoms with van der Waals surface area (Å²) >= 11 is 0. The van der Waals surface area contributed by atoms with E-state index < -0.39 is 0 Å². The van der Waals surface area contributed by atoms with Gasteiger partial charge in [-0.05, 0) is 12.1 Å². The topological polar surface area (TPSA) is 53.8 Å². The molecule has 1 aromatic heterocycles. The molecule has 1 fully saturated rings. The molecule has 0 aliphatic carbocycles. The standard InChI is InChI=1S/C8H13N3/c9-8(6-4-10-5-6)7-2-1-3-11-7/h1-3,6,8,10-11H,4-5,9H2. The van der Waals surface area contributed by atoms with E-state index in [0.717, 1.165) is 18.8 Å². The number of H-pyrrole nitrogens is 1. The number of nitrogens with one attached hydrogen (secondary N) is 2. The van der Waals surface area contributed by atoms with Crippen LogP contribution in [-0.2, 0) is 0 Å². The van der Waals surface area contributed by atoms with Crippen LogP contribution in [0, 0.1) is 5.92 Å². The third kappa shape index (κ3) is 1.17. The first-order chi connectivity index (χ1) is 5.38. The van der Waals surface area contributed by atoms with Crippen LogP contribution >= 0.6 is 0 Å². The molecular weight excluding hydrogens is 138 g/mol. The maximum Gasteiger partial charge on any atom is 0.0500 e. The summed E-state index contributed by atoms with van der Waals surface area (Å²) in [5, 5.41) is 3.21. The van der Waals surface area contributed by atoms with Gasteiger partial charge in [0.25, 0.3) is 0 Å². The Morgan fingerprint density at radius 2 is 2.36 bits per heavy atom. The molecule has 3 heteroatoms. The van der Waals surface area contributed by atoms with Crippen LogP contribution in [0.5, 0.6) is 0 Å². The first kappa shape index (κ1) is 6.88. The Morgan fingerprint density at radius 1 is 1.55 bits per heavy atom. The smallest absolute Gasteiger partial charge is 0.0500 e. The average Bonchev–Trinajstić information content (AvgIpc) is 2.32. The van der Waals surface area contributed by atoms with Crippen molar-refractivity contribution in [2.24, 2.45) is 11.7 Å². The fourth-order valence-electron chi connectivity index (χ4n) is 1.37. The number of hydrogen-bond donors (Lipinski definition) is 3. The van der Waals surface area contributed by atoms with Crippen LogP contribution in [0.3, 0.4) is 0 Å². The zero-order chi connectivity index (χ0) is 7.68. The molecule has 0 bridgehead atoms.